The Morgan fingerprint density at radius 3 is 2.38 bits per heavy atom. The van der Waals surface area contributed by atoms with Crippen molar-refractivity contribution in [2.75, 3.05) is 46.9 Å². The fourth-order valence-electron chi connectivity index (χ4n) is 2.78. The van der Waals surface area contributed by atoms with E-state index in [1.165, 1.54) is 13.2 Å². The maximum Gasteiger partial charge on any atom is 0.236 e. The Balaban J connectivity index is 1.84. The van der Waals surface area contributed by atoms with Crippen LogP contribution in [0.5, 0.6) is 5.75 Å². The van der Waals surface area contributed by atoms with Crippen LogP contribution >= 0.6 is 0 Å². The molecule has 0 unspecified atom stereocenters. The van der Waals surface area contributed by atoms with E-state index in [9.17, 15) is 14.0 Å². The average Bonchev–Trinajstić information content (AvgIpc) is 2.55. The molecule has 0 spiro atoms. The molecule has 0 N–H and O–H groups in total. The number of hydrogen-bond donors (Lipinski definition) is 0. The van der Waals surface area contributed by atoms with Crippen LogP contribution in [0, 0.1) is 5.82 Å². The molecule has 6 nitrogen and oxygen atoms in total. The number of piperazine rings is 1. The number of ether oxygens (including phenoxy) is 1. The fourth-order valence-corrected chi connectivity index (χ4v) is 2.78. The second-order valence-electron chi connectivity index (χ2n) is 6.03. The molecule has 0 bridgehead atoms. The summed E-state index contributed by atoms with van der Waals surface area (Å²) in [5, 5.41) is 0. The van der Waals surface area contributed by atoms with Gasteiger partial charge in [-0.1, -0.05) is 6.07 Å². The molecule has 0 atom stereocenters. The number of likely N-dealkylation sites (N-methyl/N-ethyl adjacent to an activating group) is 1. The normalized spacial score (nSPS) is 14.9. The summed E-state index contributed by atoms with van der Waals surface area (Å²) < 4.78 is 18.6. The van der Waals surface area contributed by atoms with Gasteiger partial charge in [0.25, 0.3) is 0 Å². The SMILES string of the molecule is COc1ccc(CN(C)CC(=O)N2CCN(C(C)=O)CC2)cc1F. The van der Waals surface area contributed by atoms with Crippen molar-refractivity contribution in [3.8, 4) is 5.75 Å². The zero-order valence-electron chi connectivity index (χ0n) is 14.4. The molecule has 24 heavy (non-hydrogen) atoms. The number of carbonyl (C=O) groups excluding carboxylic acids is 2. The number of halogens is 1. The number of amides is 2. The van der Waals surface area contributed by atoms with E-state index in [0.717, 1.165) is 5.56 Å². The van der Waals surface area contributed by atoms with Crippen molar-refractivity contribution in [1.29, 1.82) is 0 Å². The van der Waals surface area contributed by atoms with Crippen molar-refractivity contribution >= 4 is 11.8 Å². The van der Waals surface area contributed by atoms with Gasteiger partial charge in [-0.25, -0.2) is 4.39 Å². The van der Waals surface area contributed by atoms with Gasteiger partial charge in [-0.2, -0.15) is 0 Å². The first-order valence-corrected chi connectivity index (χ1v) is 7.95. The average molecular weight is 337 g/mol. The zero-order chi connectivity index (χ0) is 17.7. The molecule has 7 heteroatoms. The monoisotopic (exact) mass is 337 g/mol. The van der Waals surface area contributed by atoms with E-state index in [1.54, 1.807) is 28.9 Å². The Hall–Kier alpha value is -2.15. The lowest BCUT2D eigenvalue weighted by molar-refractivity contribution is -0.139. The van der Waals surface area contributed by atoms with Crippen molar-refractivity contribution in [1.82, 2.24) is 14.7 Å². The Morgan fingerprint density at radius 2 is 1.83 bits per heavy atom. The smallest absolute Gasteiger partial charge is 0.236 e. The lowest BCUT2D eigenvalue weighted by Crippen LogP contribution is -2.51. The van der Waals surface area contributed by atoms with E-state index < -0.39 is 5.82 Å². The summed E-state index contributed by atoms with van der Waals surface area (Å²) in [6, 6.07) is 4.79. The third kappa shape index (κ3) is 4.67. The molecule has 0 aromatic heterocycles. The summed E-state index contributed by atoms with van der Waals surface area (Å²) in [6.45, 7) is 4.54. The molecule has 0 radical (unpaired) electrons. The van der Waals surface area contributed by atoms with E-state index in [2.05, 4.69) is 0 Å². The highest BCUT2D eigenvalue weighted by Gasteiger charge is 2.23. The van der Waals surface area contributed by atoms with Gasteiger partial charge in [-0.3, -0.25) is 14.5 Å². The Labute approximate surface area is 141 Å². The number of methoxy groups -OCH3 is 1. The molecule has 0 saturated carbocycles. The van der Waals surface area contributed by atoms with E-state index in [0.29, 0.717) is 32.7 Å². The molecule has 1 aromatic carbocycles. The second-order valence-corrected chi connectivity index (χ2v) is 6.03. The van der Waals surface area contributed by atoms with Crippen LogP contribution in [0.25, 0.3) is 0 Å². The topological polar surface area (TPSA) is 53.1 Å². The summed E-state index contributed by atoms with van der Waals surface area (Å²) in [4.78, 5) is 29.0. The van der Waals surface area contributed by atoms with E-state index in [4.69, 9.17) is 4.74 Å². The number of carbonyl (C=O) groups is 2. The summed E-state index contributed by atoms with van der Waals surface area (Å²) >= 11 is 0. The summed E-state index contributed by atoms with van der Waals surface area (Å²) in [5.74, 6) is -0.133. The molecule has 1 aromatic rings. The molecule has 2 amide bonds. The standard InChI is InChI=1S/C17H24FN3O3/c1-13(22)20-6-8-21(9-7-20)17(23)12-19(2)11-14-4-5-16(24-3)15(18)10-14/h4-5,10H,6-9,11-12H2,1-3H3. The zero-order valence-corrected chi connectivity index (χ0v) is 14.4. The van der Waals surface area contributed by atoms with Gasteiger partial charge in [0.1, 0.15) is 0 Å². The van der Waals surface area contributed by atoms with Gasteiger partial charge in [0.2, 0.25) is 11.8 Å². The first-order chi connectivity index (χ1) is 11.4. The van der Waals surface area contributed by atoms with Crippen LogP contribution in [0.4, 0.5) is 4.39 Å². The maximum atomic E-state index is 13.7. The molecule has 132 valence electrons. The lowest BCUT2D eigenvalue weighted by atomic mass is 10.2. The molecular weight excluding hydrogens is 313 g/mol. The molecule has 1 aliphatic heterocycles. The first kappa shape index (κ1) is 18.2. The fraction of sp³-hybridized carbons (Fsp3) is 0.529. The van der Waals surface area contributed by atoms with Crippen molar-refractivity contribution in [3.05, 3.63) is 29.6 Å². The van der Waals surface area contributed by atoms with Gasteiger partial charge >= 0.3 is 0 Å². The van der Waals surface area contributed by atoms with Gasteiger partial charge in [0.15, 0.2) is 11.6 Å². The number of nitrogens with zero attached hydrogens (tertiary/aromatic N) is 3. The highest BCUT2D eigenvalue weighted by molar-refractivity contribution is 5.79. The van der Waals surface area contributed by atoms with Crippen LogP contribution in [0.1, 0.15) is 12.5 Å². The van der Waals surface area contributed by atoms with Crippen LogP contribution in [-0.2, 0) is 16.1 Å². The molecule has 2 rings (SSSR count). The predicted octanol–water partition coefficient (Wildman–Crippen LogP) is 0.957. The van der Waals surface area contributed by atoms with E-state index in [1.807, 2.05) is 11.9 Å². The van der Waals surface area contributed by atoms with Gasteiger partial charge in [0.05, 0.1) is 13.7 Å². The minimum atomic E-state index is -0.407. The van der Waals surface area contributed by atoms with Gasteiger partial charge in [-0.05, 0) is 24.7 Å². The Morgan fingerprint density at radius 1 is 1.21 bits per heavy atom. The van der Waals surface area contributed by atoms with Crippen LogP contribution in [0.2, 0.25) is 0 Å². The Bertz CT molecular complexity index is 601. The number of hydrogen-bond acceptors (Lipinski definition) is 4. The molecule has 1 aliphatic rings. The van der Waals surface area contributed by atoms with Gasteiger partial charge < -0.3 is 14.5 Å². The number of benzene rings is 1. The van der Waals surface area contributed by atoms with Crippen LogP contribution in [-0.4, -0.2) is 73.4 Å². The second kappa shape index (κ2) is 8.10. The molecular formula is C17H24FN3O3. The largest absolute Gasteiger partial charge is 0.494 e. The van der Waals surface area contributed by atoms with Gasteiger partial charge in [0, 0.05) is 39.6 Å². The third-order valence-corrected chi connectivity index (χ3v) is 4.15. The third-order valence-electron chi connectivity index (χ3n) is 4.15. The Kier molecular flexibility index (Phi) is 6.14. The predicted molar refractivity (Wildman–Crippen MR) is 88.1 cm³/mol. The highest BCUT2D eigenvalue weighted by Crippen LogP contribution is 2.18. The van der Waals surface area contributed by atoms with Crippen molar-refractivity contribution in [2.45, 2.75) is 13.5 Å². The number of rotatable bonds is 5. The van der Waals surface area contributed by atoms with Crippen LogP contribution in [0.15, 0.2) is 18.2 Å². The minimum absolute atomic E-state index is 0.0229. The van der Waals surface area contributed by atoms with Gasteiger partial charge in [-0.15, -0.1) is 0 Å². The van der Waals surface area contributed by atoms with E-state index in [-0.39, 0.29) is 24.1 Å². The maximum absolute atomic E-state index is 13.7. The summed E-state index contributed by atoms with van der Waals surface area (Å²) in [5.41, 5.74) is 0.782. The summed E-state index contributed by atoms with van der Waals surface area (Å²) in [6.07, 6.45) is 0. The lowest BCUT2D eigenvalue weighted by Gasteiger charge is -2.35. The quantitative estimate of drug-likeness (QED) is 0.803. The molecule has 0 aliphatic carbocycles. The minimum Gasteiger partial charge on any atom is -0.494 e. The first-order valence-electron chi connectivity index (χ1n) is 7.95. The van der Waals surface area contributed by atoms with E-state index >= 15 is 0 Å². The van der Waals surface area contributed by atoms with Crippen molar-refractivity contribution in [2.24, 2.45) is 0 Å². The molecule has 1 heterocycles. The van der Waals surface area contributed by atoms with Crippen LogP contribution < -0.4 is 4.74 Å². The van der Waals surface area contributed by atoms with Crippen molar-refractivity contribution < 1.29 is 18.7 Å². The van der Waals surface area contributed by atoms with Crippen LogP contribution in [0.3, 0.4) is 0 Å². The van der Waals surface area contributed by atoms with Crippen molar-refractivity contribution in [3.63, 3.8) is 0 Å². The highest BCUT2D eigenvalue weighted by atomic mass is 19.1. The summed E-state index contributed by atoms with van der Waals surface area (Å²) in [7, 11) is 3.25. The molecule has 1 fully saturated rings. The molecule has 1 saturated heterocycles.